The van der Waals surface area contributed by atoms with Crippen LogP contribution in [0.15, 0.2) is 18.2 Å². The number of amides is 1. The van der Waals surface area contributed by atoms with E-state index in [9.17, 15) is 9.90 Å². The number of hydrogen-bond donors (Lipinski definition) is 2. The molecule has 0 unspecified atom stereocenters. The normalized spacial score (nSPS) is 11.2. The summed E-state index contributed by atoms with van der Waals surface area (Å²) in [4.78, 5) is 11.8. The number of carbonyl (C=O) groups excluding carboxylic acids is 1. The number of alkyl halides is 1. The maximum absolute atomic E-state index is 11.8. The number of halogens is 2. The first kappa shape index (κ1) is 13.3. The SMILES string of the molecule is CC(C)(CBr)NC(=O)c1ccc(O)c(Cl)c1. The standard InChI is InChI=1S/C11H13BrClNO2/c1-11(2,6-12)14-10(16)7-3-4-9(15)8(13)5-7/h3-5,15H,6H2,1-2H3,(H,14,16). The van der Waals surface area contributed by atoms with Crippen molar-refractivity contribution in [1.29, 1.82) is 0 Å². The van der Waals surface area contributed by atoms with Crippen LogP contribution in [-0.2, 0) is 0 Å². The van der Waals surface area contributed by atoms with Crippen molar-refractivity contribution in [3.05, 3.63) is 28.8 Å². The molecule has 5 heteroatoms. The van der Waals surface area contributed by atoms with Crippen LogP contribution < -0.4 is 5.32 Å². The molecule has 0 atom stereocenters. The molecule has 0 spiro atoms. The highest BCUT2D eigenvalue weighted by molar-refractivity contribution is 9.09. The van der Waals surface area contributed by atoms with Gasteiger partial charge >= 0.3 is 0 Å². The molecule has 1 aromatic rings. The van der Waals surface area contributed by atoms with Crippen LogP contribution in [0.5, 0.6) is 5.75 Å². The van der Waals surface area contributed by atoms with Crippen molar-refractivity contribution in [3.8, 4) is 5.75 Å². The number of nitrogens with one attached hydrogen (secondary N) is 1. The van der Waals surface area contributed by atoms with E-state index in [0.29, 0.717) is 10.9 Å². The first-order chi connectivity index (χ1) is 7.35. The van der Waals surface area contributed by atoms with Gasteiger partial charge in [0.05, 0.1) is 5.02 Å². The van der Waals surface area contributed by atoms with Crippen LogP contribution in [0.4, 0.5) is 0 Å². The largest absolute Gasteiger partial charge is 0.506 e. The van der Waals surface area contributed by atoms with E-state index in [-0.39, 0.29) is 22.2 Å². The second-order valence-electron chi connectivity index (χ2n) is 4.14. The minimum atomic E-state index is -0.332. The minimum absolute atomic E-state index is 0.0297. The second-order valence-corrected chi connectivity index (χ2v) is 5.11. The van der Waals surface area contributed by atoms with Crippen LogP contribution in [0.1, 0.15) is 24.2 Å². The van der Waals surface area contributed by atoms with Crippen LogP contribution in [0.2, 0.25) is 5.02 Å². The molecule has 0 aromatic heterocycles. The van der Waals surface area contributed by atoms with Crippen molar-refractivity contribution in [2.45, 2.75) is 19.4 Å². The quantitative estimate of drug-likeness (QED) is 0.844. The van der Waals surface area contributed by atoms with Crippen molar-refractivity contribution < 1.29 is 9.90 Å². The monoisotopic (exact) mass is 305 g/mol. The van der Waals surface area contributed by atoms with Crippen molar-refractivity contribution in [2.24, 2.45) is 0 Å². The Labute approximate surface area is 108 Å². The van der Waals surface area contributed by atoms with Crippen molar-refractivity contribution >= 4 is 33.4 Å². The molecule has 16 heavy (non-hydrogen) atoms. The summed E-state index contributed by atoms with van der Waals surface area (Å²) in [5.41, 5.74) is 0.0957. The molecule has 88 valence electrons. The maximum Gasteiger partial charge on any atom is 0.251 e. The molecular formula is C11H13BrClNO2. The maximum atomic E-state index is 11.8. The fraction of sp³-hybridized carbons (Fsp3) is 0.364. The molecule has 1 rings (SSSR count). The van der Waals surface area contributed by atoms with Gasteiger partial charge in [0.2, 0.25) is 0 Å². The summed E-state index contributed by atoms with van der Waals surface area (Å²) in [7, 11) is 0. The summed E-state index contributed by atoms with van der Waals surface area (Å²) < 4.78 is 0. The number of rotatable bonds is 3. The van der Waals surface area contributed by atoms with Gasteiger partial charge in [-0.25, -0.2) is 0 Å². The lowest BCUT2D eigenvalue weighted by Crippen LogP contribution is -2.44. The van der Waals surface area contributed by atoms with Crippen LogP contribution in [-0.4, -0.2) is 21.9 Å². The lowest BCUT2D eigenvalue weighted by atomic mass is 10.1. The Balaban J connectivity index is 2.85. The van der Waals surface area contributed by atoms with Gasteiger partial charge in [-0.1, -0.05) is 27.5 Å². The molecule has 0 saturated heterocycles. The van der Waals surface area contributed by atoms with Gasteiger partial charge in [-0.05, 0) is 32.0 Å². The predicted molar refractivity (Wildman–Crippen MR) is 68.5 cm³/mol. The second kappa shape index (κ2) is 5.06. The first-order valence-electron chi connectivity index (χ1n) is 4.73. The molecule has 0 heterocycles. The molecule has 0 saturated carbocycles. The Morgan fingerprint density at radius 3 is 2.69 bits per heavy atom. The van der Waals surface area contributed by atoms with E-state index in [0.717, 1.165) is 0 Å². The lowest BCUT2D eigenvalue weighted by Gasteiger charge is -2.23. The molecule has 0 aliphatic rings. The lowest BCUT2D eigenvalue weighted by molar-refractivity contribution is 0.0921. The molecule has 0 radical (unpaired) electrons. The molecule has 0 fully saturated rings. The zero-order valence-corrected chi connectivity index (χ0v) is 11.4. The van der Waals surface area contributed by atoms with Crippen molar-refractivity contribution in [2.75, 3.05) is 5.33 Å². The molecule has 1 amide bonds. The summed E-state index contributed by atoms with van der Waals surface area (Å²) in [6, 6.07) is 4.37. The average Bonchev–Trinajstić information content (AvgIpc) is 2.21. The van der Waals surface area contributed by atoms with Crippen LogP contribution >= 0.6 is 27.5 Å². The molecule has 3 nitrogen and oxygen atoms in total. The van der Waals surface area contributed by atoms with Gasteiger partial charge in [0.1, 0.15) is 5.75 Å². The van der Waals surface area contributed by atoms with Gasteiger partial charge in [0.25, 0.3) is 5.91 Å². The summed E-state index contributed by atoms with van der Waals surface area (Å²) in [5, 5.41) is 12.9. The summed E-state index contributed by atoms with van der Waals surface area (Å²) in [6.45, 7) is 3.81. The fourth-order valence-electron chi connectivity index (χ4n) is 1.06. The minimum Gasteiger partial charge on any atom is -0.506 e. The van der Waals surface area contributed by atoms with Gasteiger partial charge in [0, 0.05) is 16.4 Å². The van der Waals surface area contributed by atoms with Crippen molar-refractivity contribution in [1.82, 2.24) is 5.32 Å². The highest BCUT2D eigenvalue weighted by Gasteiger charge is 2.19. The number of benzene rings is 1. The summed E-state index contributed by atoms with van der Waals surface area (Å²) in [6.07, 6.45) is 0. The Kier molecular flexibility index (Phi) is 4.21. The summed E-state index contributed by atoms with van der Waals surface area (Å²) in [5.74, 6) is -0.246. The molecular weight excluding hydrogens is 293 g/mol. The number of carbonyl (C=O) groups is 1. The van der Waals surface area contributed by atoms with E-state index in [4.69, 9.17) is 11.6 Å². The van der Waals surface area contributed by atoms with E-state index in [1.54, 1.807) is 0 Å². The third kappa shape index (κ3) is 3.39. The number of aromatic hydroxyl groups is 1. The Morgan fingerprint density at radius 1 is 1.56 bits per heavy atom. The molecule has 0 aliphatic heterocycles. The fourth-order valence-corrected chi connectivity index (χ4v) is 1.38. The van der Waals surface area contributed by atoms with Gasteiger partial charge in [-0.2, -0.15) is 0 Å². The number of hydrogen-bond acceptors (Lipinski definition) is 2. The van der Waals surface area contributed by atoms with Gasteiger partial charge in [-0.3, -0.25) is 4.79 Å². The van der Waals surface area contributed by atoms with E-state index >= 15 is 0 Å². The topological polar surface area (TPSA) is 49.3 Å². The first-order valence-corrected chi connectivity index (χ1v) is 6.22. The smallest absolute Gasteiger partial charge is 0.251 e. The van der Waals surface area contributed by atoms with Gasteiger partial charge < -0.3 is 10.4 Å². The van der Waals surface area contributed by atoms with E-state index in [2.05, 4.69) is 21.2 Å². The third-order valence-corrected chi connectivity index (χ3v) is 3.70. The van der Waals surface area contributed by atoms with E-state index in [1.807, 2.05) is 13.8 Å². The highest BCUT2D eigenvalue weighted by atomic mass is 79.9. The highest BCUT2D eigenvalue weighted by Crippen LogP contribution is 2.23. The average molecular weight is 307 g/mol. The molecule has 0 bridgehead atoms. The third-order valence-electron chi connectivity index (χ3n) is 2.00. The van der Waals surface area contributed by atoms with Crippen LogP contribution in [0, 0.1) is 0 Å². The van der Waals surface area contributed by atoms with Crippen LogP contribution in [0.3, 0.4) is 0 Å². The predicted octanol–water partition coefficient (Wildman–Crippen LogP) is 2.95. The molecule has 2 N–H and O–H groups in total. The zero-order chi connectivity index (χ0) is 12.3. The van der Waals surface area contributed by atoms with E-state index < -0.39 is 0 Å². The van der Waals surface area contributed by atoms with Gasteiger partial charge in [0.15, 0.2) is 0 Å². The zero-order valence-electron chi connectivity index (χ0n) is 9.05. The Morgan fingerprint density at radius 2 is 2.19 bits per heavy atom. The van der Waals surface area contributed by atoms with Crippen LogP contribution in [0.25, 0.3) is 0 Å². The van der Waals surface area contributed by atoms with E-state index in [1.165, 1.54) is 18.2 Å². The summed E-state index contributed by atoms with van der Waals surface area (Å²) >= 11 is 9.04. The molecule has 0 aliphatic carbocycles. The molecule has 1 aromatic carbocycles. The number of phenolic OH excluding ortho intramolecular Hbond substituents is 1. The number of phenols is 1. The Hall–Kier alpha value is -0.740. The van der Waals surface area contributed by atoms with Crippen molar-refractivity contribution in [3.63, 3.8) is 0 Å². The Bertz CT molecular complexity index is 407. The van der Waals surface area contributed by atoms with Gasteiger partial charge in [-0.15, -0.1) is 0 Å².